The zero-order chi connectivity index (χ0) is 24.0. The first-order chi connectivity index (χ1) is 15.7. The van der Waals surface area contributed by atoms with Gasteiger partial charge in [-0.3, -0.25) is 14.3 Å². The molecule has 1 aliphatic rings. The molecular weight excluding hydrogens is 448 g/mol. The van der Waals surface area contributed by atoms with E-state index in [0.29, 0.717) is 38.4 Å². The van der Waals surface area contributed by atoms with Crippen molar-refractivity contribution >= 4 is 17.5 Å². The number of nitrogens with one attached hydrogen (secondary N) is 1. The average Bonchev–Trinajstić information content (AvgIpc) is 3.21. The van der Waals surface area contributed by atoms with Crippen LogP contribution in [0.3, 0.4) is 0 Å². The molecule has 1 saturated heterocycles. The molecule has 1 aromatic heterocycles. The molecule has 0 aliphatic carbocycles. The molecule has 0 spiro atoms. The van der Waals surface area contributed by atoms with Crippen molar-refractivity contribution in [3.63, 3.8) is 0 Å². The number of carbonyl (C=O) groups excluding carboxylic acids is 2. The summed E-state index contributed by atoms with van der Waals surface area (Å²) in [4.78, 5) is 27.4. The highest BCUT2D eigenvalue weighted by Crippen LogP contribution is 2.24. The molecule has 1 aromatic carbocycles. The Balaban J connectivity index is 1.70. The summed E-state index contributed by atoms with van der Waals surface area (Å²) >= 11 is 0. The van der Waals surface area contributed by atoms with Crippen LogP contribution < -0.4 is 5.32 Å². The van der Waals surface area contributed by atoms with Crippen molar-refractivity contribution in [1.82, 2.24) is 14.7 Å². The SMILES string of the molecule is CCn1ncc(NC(=O)c2cccc(COCC(F)(F)C(F)F)c2)c1C(=O)N1CCOCC1. The molecule has 3 rings (SSSR count). The van der Waals surface area contributed by atoms with Gasteiger partial charge in [-0.15, -0.1) is 0 Å². The molecule has 12 heteroatoms. The van der Waals surface area contributed by atoms with Crippen LogP contribution in [0.25, 0.3) is 0 Å². The van der Waals surface area contributed by atoms with E-state index < -0.39 is 24.9 Å². The van der Waals surface area contributed by atoms with Gasteiger partial charge in [0, 0.05) is 25.2 Å². The number of alkyl halides is 4. The van der Waals surface area contributed by atoms with Gasteiger partial charge in [0.1, 0.15) is 12.3 Å². The second kappa shape index (κ2) is 10.8. The minimum absolute atomic E-state index is 0.172. The van der Waals surface area contributed by atoms with Crippen LogP contribution in [0.2, 0.25) is 0 Å². The predicted octanol–water partition coefficient (Wildman–Crippen LogP) is 3.04. The molecule has 8 nitrogen and oxygen atoms in total. The predicted molar refractivity (Wildman–Crippen MR) is 110 cm³/mol. The number of benzene rings is 1. The second-order valence-electron chi connectivity index (χ2n) is 7.34. The third-order valence-electron chi connectivity index (χ3n) is 4.96. The molecule has 2 amide bonds. The Hall–Kier alpha value is -2.99. The molecule has 0 radical (unpaired) electrons. The van der Waals surface area contributed by atoms with Gasteiger partial charge in [-0.1, -0.05) is 12.1 Å². The van der Waals surface area contributed by atoms with Crippen LogP contribution in [0.4, 0.5) is 23.2 Å². The summed E-state index contributed by atoms with van der Waals surface area (Å²) < 4.78 is 61.9. The summed E-state index contributed by atoms with van der Waals surface area (Å²) in [6.45, 7) is 2.11. The van der Waals surface area contributed by atoms with E-state index in [1.807, 2.05) is 6.92 Å². The number of amides is 2. The fraction of sp³-hybridized carbons (Fsp3) is 0.476. The average molecular weight is 472 g/mol. The van der Waals surface area contributed by atoms with E-state index in [9.17, 15) is 27.2 Å². The normalized spacial score (nSPS) is 14.5. The Morgan fingerprint density at radius 3 is 2.67 bits per heavy atom. The van der Waals surface area contributed by atoms with Gasteiger partial charge in [-0.25, -0.2) is 8.78 Å². The fourth-order valence-electron chi connectivity index (χ4n) is 3.22. The Morgan fingerprint density at radius 1 is 1.27 bits per heavy atom. The smallest absolute Gasteiger partial charge is 0.330 e. The Morgan fingerprint density at radius 2 is 2.00 bits per heavy atom. The zero-order valence-electron chi connectivity index (χ0n) is 17.9. The van der Waals surface area contributed by atoms with E-state index in [0.717, 1.165) is 0 Å². The van der Waals surface area contributed by atoms with Crippen molar-refractivity contribution in [3.8, 4) is 0 Å². The van der Waals surface area contributed by atoms with Crippen LogP contribution in [0.15, 0.2) is 30.5 Å². The highest BCUT2D eigenvalue weighted by Gasteiger charge is 2.40. The number of ether oxygens (including phenoxy) is 2. The quantitative estimate of drug-likeness (QED) is 0.567. The van der Waals surface area contributed by atoms with Crippen molar-refractivity contribution in [3.05, 3.63) is 47.3 Å². The van der Waals surface area contributed by atoms with E-state index in [-0.39, 0.29) is 29.5 Å². The molecule has 0 bridgehead atoms. The van der Waals surface area contributed by atoms with Gasteiger partial charge in [-0.2, -0.15) is 13.9 Å². The van der Waals surface area contributed by atoms with Gasteiger partial charge in [0.15, 0.2) is 0 Å². The molecule has 1 aliphatic heterocycles. The van der Waals surface area contributed by atoms with Crippen molar-refractivity contribution in [2.24, 2.45) is 0 Å². The highest BCUT2D eigenvalue weighted by atomic mass is 19.3. The number of carbonyl (C=O) groups is 2. The first-order valence-electron chi connectivity index (χ1n) is 10.3. The number of aromatic nitrogens is 2. The van der Waals surface area contributed by atoms with Gasteiger partial charge in [0.25, 0.3) is 11.8 Å². The van der Waals surface area contributed by atoms with E-state index in [2.05, 4.69) is 10.4 Å². The summed E-state index contributed by atoms with van der Waals surface area (Å²) in [5.74, 6) is -5.09. The first kappa shape index (κ1) is 24.6. The van der Waals surface area contributed by atoms with Crippen molar-refractivity contribution < 1.29 is 36.6 Å². The third-order valence-corrected chi connectivity index (χ3v) is 4.96. The van der Waals surface area contributed by atoms with Crippen molar-refractivity contribution in [2.75, 3.05) is 38.2 Å². The number of rotatable bonds is 9. The monoisotopic (exact) mass is 472 g/mol. The molecule has 2 heterocycles. The lowest BCUT2D eigenvalue weighted by molar-refractivity contribution is -0.168. The molecule has 33 heavy (non-hydrogen) atoms. The van der Waals surface area contributed by atoms with Gasteiger partial charge >= 0.3 is 12.3 Å². The van der Waals surface area contributed by atoms with E-state index in [1.165, 1.54) is 35.1 Å². The number of hydrogen-bond acceptors (Lipinski definition) is 5. The summed E-state index contributed by atoms with van der Waals surface area (Å²) in [6.07, 6.45) is -2.44. The third kappa shape index (κ3) is 6.08. The lowest BCUT2D eigenvalue weighted by Crippen LogP contribution is -2.41. The van der Waals surface area contributed by atoms with Gasteiger partial charge in [0.2, 0.25) is 0 Å². The van der Waals surface area contributed by atoms with Crippen LogP contribution in [0, 0.1) is 0 Å². The Labute approximate surface area is 187 Å². The zero-order valence-corrected chi connectivity index (χ0v) is 17.9. The minimum atomic E-state index is -4.25. The van der Waals surface area contributed by atoms with Gasteiger partial charge < -0.3 is 19.7 Å². The maximum Gasteiger partial charge on any atom is 0.330 e. The molecule has 1 fully saturated rings. The lowest BCUT2D eigenvalue weighted by atomic mass is 10.1. The fourth-order valence-corrected chi connectivity index (χ4v) is 3.22. The van der Waals surface area contributed by atoms with E-state index in [4.69, 9.17) is 9.47 Å². The van der Waals surface area contributed by atoms with Crippen LogP contribution in [-0.2, 0) is 22.6 Å². The van der Waals surface area contributed by atoms with Crippen LogP contribution >= 0.6 is 0 Å². The van der Waals surface area contributed by atoms with Crippen LogP contribution in [0.5, 0.6) is 0 Å². The second-order valence-corrected chi connectivity index (χ2v) is 7.34. The van der Waals surface area contributed by atoms with Crippen molar-refractivity contribution in [2.45, 2.75) is 32.4 Å². The standard InChI is InChI=1S/C21H24F4N4O4/c1-2-29-17(19(31)28-6-8-32-9-7-28)16(11-26-29)27-18(30)15-5-3-4-14(10-15)12-33-13-21(24,25)20(22)23/h3-5,10-11,20H,2,6-9,12-13H2,1H3,(H,27,30). The summed E-state index contributed by atoms with van der Waals surface area (Å²) in [7, 11) is 0. The number of nitrogens with zero attached hydrogens (tertiary/aromatic N) is 3. The van der Waals surface area contributed by atoms with E-state index in [1.54, 1.807) is 4.90 Å². The molecule has 0 unspecified atom stereocenters. The number of morpholine rings is 1. The molecular formula is C21H24F4N4O4. The maximum atomic E-state index is 13.0. The molecule has 0 saturated carbocycles. The van der Waals surface area contributed by atoms with Crippen LogP contribution in [-0.4, -0.2) is 71.8 Å². The summed E-state index contributed by atoms with van der Waals surface area (Å²) in [5.41, 5.74) is 0.991. The van der Waals surface area contributed by atoms with Crippen molar-refractivity contribution in [1.29, 1.82) is 0 Å². The first-order valence-corrected chi connectivity index (χ1v) is 10.3. The number of halogens is 4. The highest BCUT2D eigenvalue weighted by molar-refractivity contribution is 6.08. The summed E-state index contributed by atoms with van der Waals surface area (Å²) in [6, 6.07) is 5.90. The van der Waals surface area contributed by atoms with E-state index >= 15 is 0 Å². The van der Waals surface area contributed by atoms with Crippen LogP contribution in [0.1, 0.15) is 33.3 Å². The maximum absolute atomic E-state index is 13.0. The summed E-state index contributed by atoms with van der Waals surface area (Å²) in [5, 5.41) is 6.83. The molecule has 2 aromatic rings. The molecule has 0 atom stereocenters. The topological polar surface area (TPSA) is 85.7 Å². The minimum Gasteiger partial charge on any atom is -0.378 e. The number of anilines is 1. The van der Waals surface area contributed by atoms with Gasteiger partial charge in [-0.05, 0) is 24.6 Å². The number of aryl methyl sites for hydroxylation is 1. The Kier molecular flexibility index (Phi) is 8.03. The molecule has 1 N–H and O–H groups in total. The largest absolute Gasteiger partial charge is 0.378 e. The molecule has 180 valence electrons. The lowest BCUT2D eigenvalue weighted by Gasteiger charge is -2.27. The van der Waals surface area contributed by atoms with Gasteiger partial charge in [0.05, 0.1) is 31.7 Å². The Bertz CT molecular complexity index is 977. The number of hydrogen-bond donors (Lipinski definition) is 1.